The van der Waals surface area contributed by atoms with Gasteiger partial charge in [0.05, 0.1) is 0 Å². The van der Waals surface area contributed by atoms with Crippen LogP contribution in [0.1, 0.15) is 6.42 Å². The Hall–Kier alpha value is 0.729. The van der Waals surface area contributed by atoms with Crippen LogP contribution in [-0.4, -0.2) is 51.1 Å². The molecule has 0 aromatic carbocycles. The van der Waals surface area contributed by atoms with Crippen LogP contribution in [0.2, 0.25) is 0 Å². The fraction of sp³-hybridized carbons (Fsp3) is 1.00. The first-order valence-corrected chi connectivity index (χ1v) is 3.42. The van der Waals surface area contributed by atoms with Crippen molar-refractivity contribution in [3.63, 3.8) is 0 Å². The second kappa shape index (κ2) is 10.7. The van der Waals surface area contributed by atoms with E-state index in [-0.39, 0.29) is 29.5 Å². The van der Waals surface area contributed by atoms with Crippen LogP contribution in [0.4, 0.5) is 0 Å². The third-order valence-electron chi connectivity index (χ3n) is 1.21. The van der Waals surface area contributed by atoms with Gasteiger partial charge >= 0.3 is 17.1 Å². The molecule has 0 aliphatic carbocycles. The summed E-state index contributed by atoms with van der Waals surface area (Å²) in [5, 5.41) is 0. The molecule has 0 N–H and O–H groups in total. The van der Waals surface area contributed by atoms with Gasteiger partial charge in [-0.15, -0.1) is 0 Å². The van der Waals surface area contributed by atoms with E-state index in [0.717, 1.165) is 0 Å². The summed E-state index contributed by atoms with van der Waals surface area (Å²) in [6.07, 6.45) is 1.26. The van der Waals surface area contributed by atoms with Gasteiger partial charge in [0.15, 0.2) is 0 Å². The zero-order valence-corrected chi connectivity index (χ0v) is 9.39. The van der Waals surface area contributed by atoms with E-state index in [1.165, 1.54) is 19.5 Å². The number of hydrogen-bond donors (Lipinski definition) is 0. The summed E-state index contributed by atoms with van der Waals surface area (Å²) in [6, 6.07) is 0. The van der Waals surface area contributed by atoms with Gasteiger partial charge in [-0.3, -0.25) is 0 Å². The van der Waals surface area contributed by atoms with Gasteiger partial charge < -0.3 is 22.2 Å². The summed E-state index contributed by atoms with van der Waals surface area (Å²) in [7, 11) is 8.43. The fourth-order valence-electron chi connectivity index (χ4n) is 0.703. The van der Waals surface area contributed by atoms with Crippen molar-refractivity contribution in [2.75, 3.05) is 41.3 Å². The zero-order chi connectivity index (χ0) is 7.28. The molecular formula is C7H18ClCuN2. The molecule has 0 atom stereocenters. The van der Waals surface area contributed by atoms with Crippen molar-refractivity contribution < 1.29 is 29.5 Å². The average molecular weight is 229 g/mol. The largest absolute Gasteiger partial charge is 1.00 e. The van der Waals surface area contributed by atoms with Crippen LogP contribution in [-0.2, 0) is 17.1 Å². The average Bonchev–Trinajstić information content (AvgIpc) is 1.63. The molecule has 0 aliphatic heterocycles. The monoisotopic (exact) mass is 228 g/mol. The Labute approximate surface area is 87.2 Å². The third-order valence-corrected chi connectivity index (χ3v) is 1.21. The standard InChI is InChI=1S/C7H18N2.ClH.Cu/c1-8(2)6-5-7-9(3)4;;/h5-7H2,1-4H3;1H;/q;;+1/p-1. The molecule has 0 saturated heterocycles. The molecule has 0 saturated carbocycles. The number of halogens is 1. The van der Waals surface area contributed by atoms with Crippen LogP contribution in [0, 0.1) is 0 Å². The zero-order valence-electron chi connectivity index (χ0n) is 7.70. The van der Waals surface area contributed by atoms with E-state index in [1.807, 2.05) is 0 Å². The summed E-state index contributed by atoms with van der Waals surface area (Å²) in [5.74, 6) is 0. The topological polar surface area (TPSA) is 6.48 Å². The van der Waals surface area contributed by atoms with E-state index in [0.29, 0.717) is 0 Å². The molecule has 0 aliphatic rings. The van der Waals surface area contributed by atoms with Gasteiger partial charge in [0.25, 0.3) is 0 Å². The smallest absolute Gasteiger partial charge is 1.00 e. The Morgan fingerprint density at radius 2 is 1.09 bits per heavy atom. The van der Waals surface area contributed by atoms with Crippen LogP contribution >= 0.6 is 0 Å². The molecule has 0 radical (unpaired) electrons. The summed E-state index contributed by atoms with van der Waals surface area (Å²) in [6.45, 7) is 2.39. The summed E-state index contributed by atoms with van der Waals surface area (Å²) < 4.78 is 0. The number of nitrogens with zero attached hydrogens (tertiary/aromatic N) is 2. The first-order valence-electron chi connectivity index (χ1n) is 3.42. The van der Waals surface area contributed by atoms with Crippen LogP contribution < -0.4 is 12.4 Å². The minimum Gasteiger partial charge on any atom is -1.00 e. The van der Waals surface area contributed by atoms with E-state index in [4.69, 9.17) is 0 Å². The Kier molecular flexibility index (Phi) is 17.3. The van der Waals surface area contributed by atoms with Crippen molar-refractivity contribution in [3.8, 4) is 0 Å². The molecule has 0 amide bonds. The van der Waals surface area contributed by atoms with Crippen molar-refractivity contribution in [2.24, 2.45) is 0 Å². The Morgan fingerprint density at radius 3 is 1.27 bits per heavy atom. The Morgan fingerprint density at radius 1 is 0.818 bits per heavy atom. The molecule has 0 fully saturated rings. The van der Waals surface area contributed by atoms with Crippen molar-refractivity contribution >= 4 is 0 Å². The van der Waals surface area contributed by atoms with Crippen LogP contribution in [0.5, 0.6) is 0 Å². The normalized spacial score (nSPS) is 9.27. The van der Waals surface area contributed by atoms with Crippen molar-refractivity contribution in [1.82, 2.24) is 9.80 Å². The van der Waals surface area contributed by atoms with Gasteiger partial charge in [-0.05, 0) is 47.7 Å². The Balaban J connectivity index is -0.000000320. The SMILES string of the molecule is CN(C)CCCN(C)C.[Cl-].[Cu+]. The first kappa shape index (κ1) is 17.7. The van der Waals surface area contributed by atoms with Gasteiger partial charge in [-0.2, -0.15) is 0 Å². The van der Waals surface area contributed by atoms with Crippen LogP contribution in [0.3, 0.4) is 0 Å². The molecule has 74 valence electrons. The first-order chi connectivity index (χ1) is 4.13. The van der Waals surface area contributed by atoms with Crippen molar-refractivity contribution in [3.05, 3.63) is 0 Å². The molecule has 0 heterocycles. The molecule has 2 nitrogen and oxygen atoms in total. The summed E-state index contributed by atoms with van der Waals surface area (Å²) >= 11 is 0. The van der Waals surface area contributed by atoms with Gasteiger partial charge in [0.1, 0.15) is 0 Å². The molecule has 4 heteroatoms. The van der Waals surface area contributed by atoms with Gasteiger partial charge in [-0.25, -0.2) is 0 Å². The predicted octanol–water partition coefficient (Wildman–Crippen LogP) is -2.50. The predicted molar refractivity (Wildman–Crippen MR) is 41.7 cm³/mol. The minimum atomic E-state index is 0. The van der Waals surface area contributed by atoms with Crippen LogP contribution in [0.25, 0.3) is 0 Å². The third kappa shape index (κ3) is 18.1. The summed E-state index contributed by atoms with van der Waals surface area (Å²) in [4.78, 5) is 4.42. The molecule has 0 spiro atoms. The van der Waals surface area contributed by atoms with E-state index in [2.05, 4.69) is 38.0 Å². The van der Waals surface area contributed by atoms with Gasteiger partial charge in [0, 0.05) is 0 Å². The van der Waals surface area contributed by atoms with E-state index in [1.54, 1.807) is 0 Å². The second-order valence-corrected chi connectivity index (χ2v) is 2.96. The molecule has 0 unspecified atom stereocenters. The van der Waals surface area contributed by atoms with E-state index >= 15 is 0 Å². The maximum Gasteiger partial charge on any atom is 1.00 e. The van der Waals surface area contributed by atoms with Gasteiger partial charge in [0.2, 0.25) is 0 Å². The maximum absolute atomic E-state index is 2.21. The maximum atomic E-state index is 2.21. The number of rotatable bonds is 4. The number of hydrogen-bond acceptors (Lipinski definition) is 2. The molecule has 0 aromatic rings. The molecule has 0 rings (SSSR count). The van der Waals surface area contributed by atoms with Gasteiger partial charge in [-0.1, -0.05) is 0 Å². The quantitative estimate of drug-likeness (QED) is 0.492. The van der Waals surface area contributed by atoms with Crippen molar-refractivity contribution in [1.29, 1.82) is 0 Å². The molecular weight excluding hydrogens is 211 g/mol. The van der Waals surface area contributed by atoms with Crippen molar-refractivity contribution in [2.45, 2.75) is 6.42 Å². The molecule has 0 bridgehead atoms. The van der Waals surface area contributed by atoms with E-state index < -0.39 is 0 Å². The molecule has 11 heavy (non-hydrogen) atoms. The fourth-order valence-corrected chi connectivity index (χ4v) is 0.703. The molecule has 0 aromatic heterocycles. The Bertz CT molecular complexity index is 61.5. The van der Waals surface area contributed by atoms with Crippen LogP contribution in [0.15, 0.2) is 0 Å². The second-order valence-electron chi connectivity index (χ2n) is 2.96. The van der Waals surface area contributed by atoms with E-state index in [9.17, 15) is 0 Å². The summed E-state index contributed by atoms with van der Waals surface area (Å²) in [5.41, 5.74) is 0. The minimum absolute atomic E-state index is 0.